The molecule has 0 radical (unpaired) electrons. The topological polar surface area (TPSA) is 35.5 Å². The lowest BCUT2D eigenvalue weighted by atomic mass is 10.0. The average Bonchev–Trinajstić information content (AvgIpc) is 2.83. The molecule has 0 aliphatic heterocycles. The first-order chi connectivity index (χ1) is 8.67. The summed E-state index contributed by atoms with van der Waals surface area (Å²) in [6.45, 7) is 0. The second kappa shape index (κ2) is 5.54. The number of methoxy groups -OCH3 is 2. The molecule has 0 atom stereocenters. The maximum atomic E-state index is 12.4. The lowest BCUT2D eigenvalue weighted by molar-refractivity contribution is 0.103. The number of carbonyl (C=O) groups excluding carboxylic acids is 1. The van der Waals surface area contributed by atoms with Crippen LogP contribution in [0.2, 0.25) is 0 Å². The highest BCUT2D eigenvalue weighted by Crippen LogP contribution is 2.30. The second-order valence-corrected chi connectivity index (χ2v) is 5.13. The molecule has 1 heterocycles. The smallest absolute Gasteiger partial charge is 0.198 e. The molecule has 5 heteroatoms. The number of ether oxygens (including phenoxy) is 2. The fourth-order valence-corrected chi connectivity index (χ4v) is 3.03. The van der Waals surface area contributed by atoms with Crippen molar-refractivity contribution in [3.05, 3.63) is 44.6 Å². The van der Waals surface area contributed by atoms with Crippen LogP contribution in [0.4, 0.5) is 0 Å². The van der Waals surface area contributed by atoms with E-state index in [1.165, 1.54) is 11.3 Å². The number of thiophene rings is 1. The van der Waals surface area contributed by atoms with Gasteiger partial charge in [0.2, 0.25) is 0 Å². The minimum atomic E-state index is -0.0844. The molecule has 18 heavy (non-hydrogen) atoms. The first-order valence-corrected chi connectivity index (χ1v) is 6.89. The second-order valence-electron chi connectivity index (χ2n) is 3.53. The van der Waals surface area contributed by atoms with Gasteiger partial charge in [-0.05, 0) is 34.1 Å². The zero-order chi connectivity index (χ0) is 13.1. The van der Waals surface area contributed by atoms with Crippen molar-refractivity contribution in [3.63, 3.8) is 0 Å². The standard InChI is InChI=1S/C13H11BrO3S/c1-16-8-3-4-12(17-2)9(5-8)13(15)10-6-18-7-11(10)14/h3-7H,1-2H3. The molecule has 0 saturated carbocycles. The third-order valence-corrected chi connectivity index (χ3v) is 4.21. The Morgan fingerprint density at radius 3 is 2.50 bits per heavy atom. The summed E-state index contributed by atoms with van der Waals surface area (Å²) in [6.07, 6.45) is 0. The molecule has 0 aliphatic carbocycles. The molecule has 3 nitrogen and oxygen atoms in total. The summed E-state index contributed by atoms with van der Waals surface area (Å²) >= 11 is 4.84. The van der Waals surface area contributed by atoms with Crippen LogP contribution in [0.25, 0.3) is 0 Å². The Hall–Kier alpha value is -1.33. The molecule has 0 amide bonds. The van der Waals surface area contributed by atoms with E-state index in [9.17, 15) is 4.79 Å². The van der Waals surface area contributed by atoms with Gasteiger partial charge in [-0.2, -0.15) is 11.3 Å². The van der Waals surface area contributed by atoms with Gasteiger partial charge < -0.3 is 9.47 Å². The minimum Gasteiger partial charge on any atom is -0.497 e. The quantitative estimate of drug-likeness (QED) is 0.802. The summed E-state index contributed by atoms with van der Waals surface area (Å²) in [4.78, 5) is 12.4. The van der Waals surface area contributed by atoms with E-state index < -0.39 is 0 Å². The van der Waals surface area contributed by atoms with Crippen LogP contribution in [0, 0.1) is 0 Å². The van der Waals surface area contributed by atoms with Gasteiger partial charge in [0.1, 0.15) is 11.5 Å². The van der Waals surface area contributed by atoms with Crippen molar-refractivity contribution < 1.29 is 14.3 Å². The summed E-state index contributed by atoms with van der Waals surface area (Å²) in [5, 5.41) is 3.69. The fourth-order valence-electron chi connectivity index (χ4n) is 1.58. The van der Waals surface area contributed by atoms with Crippen molar-refractivity contribution in [1.82, 2.24) is 0 Å². The molecule has 94 valence electrons. The van der Waals surface area contributed by atoms with Crippen molar-refractivity contribution in [2.75, 3.05) is 14.2 Å². The number of halogens is 1. The van der Waals surface area contributed by atoms with Gasteiger partial charge in [-0.15, -0.1) is 0 Å². The lowest BCUT2D eigenvalue weighted by Gasteiger charge is -2.09. The normalized spacial score (nSPS) is 10.2. The Balaban J connectivity index is 2.49. The van der Waals surface area contributed by atoms with Crippen LogP contribution in [-0.2, 0) is 0 Å². The van der Waals surface area contributed by atoms with Crippen molar-refractivity contribution >= 4 is 33.0 Å². The van der Waals surface area contributed by atoms with E-state index in [-0.39, 0.29) is 5.78 Å². The van der Waals surface area contributed by atoms with Gasteiger partial charge in [-0.25, -0.2) is 0 Å². The molecule has 0 bridgehead atoms. The number of carbonyl (C=O) groups is 1. The molecular formula is C13H11BrO3S. The summed E-state index contributed by atoms with van der Waals surface area (Å²) in [5.74, 6) is 1.09. The molecule has 0 unspecified atom stereocenters. The Kier molecular flexibility index (Phi) is 4.04. The van der Waals surface area contributed by atoms with Crippen LogP contribution in [0.5, 0.6) is 11.5 Å². The van der Waals surface area contributed by atoms with Gasteiger partial charge >= 0.3 is 0 Å². The van der Waals surface area contributed by atoms with Crippen LogP contribution in [0.3, 0.4) is 0 Å². The van der Waals surface area contributed by atoms with Crippen molar-refractivity contribution in [2.24, 2.45) is 0 Å². The van der Waals surface area contributed by atoms with E-state index in [1.54, 1.807) is 32.4 Å². The van der Waals surface area contributed by atoms with Crippen LogP contribution in [0.15, 0.2) is 33.4 Å². The van der Waals surface area contributed by atoms with Crippen molar-refractivity contribution in [2.45, 2.75) is 0 Å². The Bertz CT molecular complexity index is 577. The predicted octanol–water partition coefficient (Wildman–Crippen LogP) is 3.76. The Morgan fingerprint density at radius 1 is 1.17 bits per heavy atom. The van der Waals surface area contributed by atoms with E-state index in [0.29, 0.717) is 22.6 Å². The van der Waals surface area contributed by atoms with Gasteiger partial charge in [0.25, 0.3) is 0 Å². The molecule has 0 spiro atoms. The summed E-state index contributed by atoms with van der Waals surface area (Å²) in [5.41, 5.74) is 1.13. The molecule has 2 rings (SSSR count). The SMILES string of the molecule is COc1ccc(OC)c(C(=O)c2cscc2Br)c1. The van der Waals surface area contributed by atoms with Gasteiger partial charge in [0.05, 0.1) is 19.8 Å². The largest absolute Gasteiger partial charge is 0.497 e. The monoisotopic (exact) mass is 326 g/mol. The number of hydrogen-bond donors (Lipinski definition) is 0. The molecule has 0 fully saturated rings. The van der Waals surface area contributed by atoms with E-state index in [2.05, 4.69) is 15.9 Å². The van der Waals surface area contributed by atoms with Crippen LogP contribution in [-0.4, -0.2) is 20.0 Å². The predicted molar refractivity (Wildman–Crippen MR) is 75.0 cm³/mol. The summed E-state index contributed by atoms with van der Waals surface area (Å²) in [6, 6.07) is 5.18. The number of benzene rings is 1. The molecule has 1 aromatic heterocycles. The van der Waals surface area contributed by atoms with Crippen molar-refractivity contribution in [1.29, 1.82) is 0 Å². The first-order valence-electron chi connectivity index (χ1n) is 5.15. The average molecular weight is 327 g/mol. The third-order valence-electron chi connectivity index (χ3n) is 2.51. The zero-order valence-electron chi connectivity index (χ0n) is 9.90. The van der Waals surface area contributed by atoms with E-state index >= 15 is 0 Å². The number of hydrogen-bond acceptors (Lipinski definition) is 4. The highest BCUT2D eigenvalue weighted by atomic mass is 79.9. The fraction of sp³-hybridized carbons (Fsp3) is 0.154. The molecular weight excluding hydrogens is 316 g/mol. The third kappa shape index (κ3) is 2.42. The van der Waals surface area contributed by atoms with Gasteiger partial charge in [0.15, 0.2) is 5.78 Å². The van der Waals surface area contributed by atoms with Crippen LogP contribution >= 0.6 is 27.3 Å². The van der Waals surface area contributed by atoms with E-state index in [4.69, 9.17) is 9.47 Å². The number of rotatable bonds is 4. The van der Waals surface area contributed by atoms with E-state index in [1.807, 2.05) is 10.8 Å². The lowest BCUT2D eigenvalue weighted by Crippen LogP contribution is -2.04. The van der Waals surface area contributed by atoms with Crippen LogP contribution in [0.1, 0.15) is 15.9 Å². The molecule has 0 N–H and O–H groups in total. The van der Waals surface area contributed by atoms with Gasteiger partial charge in [-0.1, -0.05) is 0 Å². The summed E-state index contributed by atoms with van der Waals surface area (Å²) < 4.78 is 11.1. The van der Waals surface area contributed by atoms with Crippen molar-refractivity contribution in [3.8, 4) is 11.5 Å². The molecule has 1 aromatic carbocycles. The molecule has 2 aromatic rings. The minimum absolute atomic E-state index is 0.0844. The Labute approximate surface area is 117 Å². The Morgan fingerprint density at radius 2 is 1.94 bits per heavy atom. The van der Waals surface area contributed by atoms with Gasteiger partial charge in [0, 0.05) is 20.8 Å². The zero-order valence-corrected chi connectivity index (χ0v) is 12.3. The molecule has 0 aliphatic rings. The highest BCUT2D eigenvalue weighted by molar-refractivity contribution is 9.10. The highest BCUT2D eigenvalue weighted by Gasteiger charge is 2.18. The summed E-state index contributed by atoms with van der Waals surface area (Å²) in [7, 11) is 3.11. The van der Waals surface area contributed by atoms with Crippen LogP contribution < -0.4 is 9.47 Å². The maximum absolute atomic E-state index is 12.4. The number of ketones is 1. The van der Waals surface area contributed by atoms with E-state index in [0.717, 1.165) is 4.47 Å². The molecule has 0 saturated heterocycles. The van der Waals surface area contributed by atoms with Gasteiger partial charge in [-0.3, -0.25) is 4.79 Å². The first kappa shape index (κ1) is 13.1. The maximum Gasteiger partial charge on any atom is 0.198 e.